The SMILES string of the molecule is O=C(NCc1ccc(-c2ccc(Br)cc2)o1)c1ccoc1. The van der Waals surface area contributed by atoms with Gasteiger partial charge in [0.25, 0.3) is 5.91 Å². The van der Waals surface area contributed by atoms with Crippen LogP contribution in [0.2, 0.25) is 0 Å². The van der Waals surface area contributed by atoms with Gasteiger partial charge in [0, 0.05) is 10.0 Å². The molecule has 4 nitrogen and oxygen atoms in total. The van der Waals surface area contributed by atoms with Crippen LogP contribution in [-0.4, -0.2) is 5.91 Å². The van der Waals surface area contributed by atoms with Gasteiger partial charge >= 0.3 is 0 Å². The second kappa shape index (κ2) is 6.01. The minimum Gasteiger partial charge on any atom is -0.472 e. The van der Waals surface area contributed by atoms with Gasteiger partial charge in [0.1, 0.15) is 17.8 Å². The van der Waals surface area contributed by atoms with E-state index in [9.17, 15) is 4.79 Å². The topological polar surface area (TPSA) is 55.4 Å². The van der Waals surface area contributed by atoms with Crippen molar-refractivity contribution in [3.05, 3.63) is 70.8 Å². The minimum absolute atomic E-state index is 0.189. The van der Waals surface area contributed by atoms with Crippen molar-refractivity contribution in [3.63, 3.8) is 0 Å². The lowest BCUT2D eigenvalue weighted by Crippen LogP contribution is -2.21. The van der Waals surface area contributed by atoms with Gasteiger partial charge in [-0.2, -0.15) is 0 Å². The predicted octanol–water partition coefficient (Wildman–Crippen LogP) is 4.23. The van der Waals surface area contributed by atoms with Crippen molar-refractivity contribution in [2.45, 2.75) is 6.54 Å². The van der Waals surface area contributed by atoms with E-state index in [1.807, 2.05) is 36.4 Å². The first-order valence-electron chi connectivity index (χ1n) is 6.37. The molecule has 0 radical (unpaired) electrons. The summed E-state index contributed by atoms with van der Waals surface area (Å²) in [6.07, 6.45) is 2.87. The van der Waals surface area contributed by atoms with Crippen molar-refractivity contribution in [2.24, 2.45) is 0 Å². The van der Waals surface area contributed by atoms with Crippen LogP contribution in [0.4, 0.5) is 0 Å². The lowest BCUT2D eigenvalue weighted by molar-refractivity contribution is 0.0947. The van der Waals surface area contributed by atoms with E-state index in [0.717, 1.165) is 15.8 Å². The Bertz CT molecular complexity index is 729. The molecular weight excluding hydrogens is 334 g/mol. The Hall–Kier alpha value is -2.27. The summed E-state index contributed by atoms with van der Waals surface area (Å²) in [5.74, 6) is 1.28. The smallest absolute Gasteiger partial charge is 0.254 e. The van der Waals surface area contributed by atoms with Crippen LogP contribution in [-0.2, 0) is 6.54 Å². The zero-order chi connectivity index (χ0) is 14.7. The Morgan fingerprint density at radius 3 is 2.62 bits per heavy atom. The van der Waals surface area contributed by atoms with E-state index >= 15 is 0 Å². The maximum Gasteiger partial charge on any atom is 0.254 e. The molecule has 0 fully saturated rings. The number of rotatable bonds is 4. The number of furan rings is 2. The third-order valence-corrected chi connectivity index (χ3v) is 3.53. The highest BCUT2D eigenvalue weighted by atomic mass is 79.9. The standard InChI is InChI=1S/C16H12BrNO3/c17-13-3-1-11(2-4-13)15-6-5-14(21-15)9-18-16(19)12-7-8-20-10-12/h1-8,10H,9H2,(H,18,19). The van der Waals surface area contributed by atoms with Crippen molar-refractivity contribution in [2.75, 3.05) is 0 Å². The lowest BCUT2D eigenvalue weighted by atomic mass is 10.2. The van der Waals surface area contributed by atoms with E-state index in [0.29, 0.717) is 17.9 Å². The Morgan fingerprint density at radius 2 is 1.90 bits per heavy atom. The van der Waals surface area contributed by atoms with Gasteiger partial charge in [0.15, 0.2) is 0 Å². The minimum atomic E-state index is -0.189. The van der Waals surface area contributed by atoms with Crippen molar-refractivity contribution in [3.8, 4) is 11.3 Å². The number of nitrogens with one attached hydrogen (secondary N) is 1. The fourth-order valence-electron chi connectivity index (χ4n) is 1.91. The molecule has 0 bridgehead atoms. The molecular formula is C16H12BrNO3. The average Bonchev–Trinajstić information content (AvgIpc) is 3.17. The molecule has 0 saturated heterocycles. The maximum atomic E-state index is 11.8. The zero-order valence-electron chi connectivity index (χ0n) is 11.0. The molecule has 0 atom stereocenters. The van der Waals surface area contributed by atoms with Gasteiger partial charge in [-0.15, -0.1) is 0 Å². The van der Waals surface area contributed by atoms with Crippen molar-refractivity contribution >= 4 is 21.8 Å². The van der Waals surface area contributed by atoms with E-state index < -0.39 is 0 Å². The number of carbonyl (C=O) groups is 1. The molecule has 0 saturated carbocycles. The number of carbonyl (C=O) groups excluding carboxylic acids is 1. The first-order chi connectivity index (χ1) is 10.2. The first kappa shape index (κ1) is 13.7. The monoisotopic (exact) mass is 345 g/mol. The van der Waals surface area contributed by atoms with Crippen LogP contribution in [0.3, 0.4) is 0 Å². The highest BCUT2D eigenvalue weighted by Gasteiger charge is 2.09. The summed E-state index contributed by atoms with van der Waals surface area (Å²) in [4.78, 5) is 11.8. The highest BCUT2D eigenvalue weighted by Crippen LogP contribution is 2.23. The summed E-state index contributed by atoms with van der Waals surface area (Å²) < 4.78 is 11.6. The van der Waals surface area contributed by atoms with Crippen LogP contribution in [0, 0.1) is 0 Å². The molecule has 1 N–H and O–H groups in total. The molecule has 106 valence electrons. The van der Waals surface area contributed by atoms with E-state index in [4.69, 9.17) is 8.83 Å². The molecule has 5 heteroatoms. The molecule has 3 rings (SSSR count). The summed E-state index contributed by atoms with van der Waals surface area (Å²) in [5, 5.41) is 2.78. The van der Waals surface area contributed by atoms with Gasteiger partial charge < -0.3 is 14.2 Å². The normalized spacial score (nSPS) is 10.5. The second-order valence-electron chi connectivity index (χ2n) is 4.47. The molecule has 2 heterocycles. The number of hydrogen-bond acceptors (Lipinski definition) is 3. The first-order valence-corrected chi connectivity index (χ1v) is 7.17. The number of halogens is 1. The Morgan fingerprint density at radius 1 is 1.10 bits per heavy atom. The van der Waals surface area contributed by atoms with Crippen molar-refractivity contribution in [1.82, 2.24) is 5.32 Å². The molecule has 1 amide bonds. The largest absolute Gasteiger partial charge is 0.472 e. The molecule has 0 unspecified atom stereocenters. The van der Waals surface area contributed by atoms with Gasteiger partial charge in [-0.25, -0.2) is 0 Å². The van der Waals surface area contributed by atoms with Gasteiger partial charge in [-0.3, -0.25) is 4.79 Å². The predicted molar refractivity (Wildman–Crippen MR) is 81.7 cm³/mol. The van der Waals surface area contributed by atoms with E-state index in [2.05, 4.69) is 21.2 Å². The quantitative estimate of drug-likeness (QED) is 0.769. The van der Waals surface area contributed by atoms with Crippen LogP contribution < -0.4 is 5.32 Å². The third-order valence-electron chi connectivity index (χ3n) is 3.00. The molecule has 0 spiro atoms. The zero-order valence-corrected chi connectivity index (χ0v) is 12.6. The number of amides is 1. The Kier molecular flexibility index (Phi) is 3.92. The van der Waals surface area contributed by atoms with Crippen molar-refractivity contribution in [1.29, 1.82) is 0 Å². The summed E-state index contributed by atoms with van der Waals surface area (Å²) >= 11 is 3.40. The maximum absolute atomic E-state index is 11.8. The van der Waals surface area contributed by atoms with Crippen LogP contribution >= 0.6 is 15.9 Å². The Balaban J connectivity index is 1.65. The number of hydrogen-bond donors (Lipinski definition) is 1. The summed E-state index contributed by atoms with van der Waals surface area (Å²) in [7, 11) is 0. The van der Waals surface area contributed by atoms with E-state index in [1.165, 1.54) is 12.5 Å². The summed E-state index contributed by atoms with van der Waals surface area (Å²) in [6, 6.07) is 13.2. The van der Waals surface area contributed by atoms with E-state index in [-0.39, 0.29) is 5.91 Å². The van der Waals surface area contributed by atoms with Gasteiger partial charge in [-0.1, -0.05) is 28.1 Å². The summed E-state index contributed by atoms with van der Waals surface area (Å²) in [6.45, 7) is 0.334. The van der Waals surface area contributed by atoms with Gasteiger partial charge in [0.05, 0.1) is 18.4 Å². The molecule has 2 aromatic heterocycles. The molecule has 21 heavy (non-hydrogen) atoms. The second-order valence-corrected chi connectivity index (χ2v) is 5.38. The van der Waals surface area contributed by atoms with Gasteiger partial charge in [-0.05, 0) is 30.3 Å². The summed E-state index contributed by atoms with van der Waals surface area (Å²) in [5.41, 5.74) is 1.49. The van der Waals surface area contributed by atoms with Crippen LogP contribution in [0.15, 0.2) is 68.3 Å². The third kappa shape index (κ3) is 3.25. The van der Waals surface area contributed by atoms with Crippen LogP contribution in [0.5, 0.6) is 0 Å². The van der Waals surface area contributed by atoms with E-state index in [1.54, 1.807) is 6.07 Å². The van der Waals surface area contributed by atoms with Gasteiger partial charge in [0.2, 0.25) is 0 Å². The fourth-order valence-corrected chi connectivity index (χ4v) is 2.17. The number of benzene rings is 1. The Labute approximate surface area is 129 Å². The highest BCUT2D eigenvalue weighted by molar-refractivity contribution is 9.10. The average molecular weight is 346 g/mol. The molecule has 1 aromatic carbocycles. The lowest BCUT2D eigenvalue weighted by Gasteiger charge is -2.01. The molecule has 0 aliphatic heterocycles. The molecule has 0 aliphatic rings. The van der Waals surface area contributed by atoms with Crippen molar-refractivity contribution < 1.29 is 13.6 Å². The van der Waals surface area contributed by atoms with Crippen LogP contribution in [0.25, 0.3) is 11.3 Å². The fraction of sp³-hybridized carbons (Fsp3) is 0.0625. The van der Waals surface area contributed by atoms with Crippen LogP contribution in [0.1, 0.15) is 16.1 Å². The molecule has 3 aromatic rings. The molecule has 0 aliphatic carbocycles.